The fourth-order valence-electron chi connectivity index (χ4n) is 3.93. The van der Waals surface area contributed by atoms with E-state index in [0.29, 0.717) is 12.3 Å². The molecule has 0 spiro atoms. The Hall–Kier alpha value is -0.660. The Balaban J connectivity index is 1.62. The van der Waals surface area contributed by atoms with Crippen molar-refractivity contribution in [1.82, 2.24) is 14.5 Å². The summed E-state index contributed by atoms with van der Waals surface area (Å²) >= 11 is 0. The number of hydrogen-bond donors (Lipinski definition) is 1. The molecule has 1 N–H and O–H groups in total. The van der Waals surface area contributed by atoms with E-state index in [4.69, 9.17) is 0 Å². The second-order valence-electron chi connectivity index (χ2n) is 7.55. The van der Waals surface area contributed by atoms with Crippen molar-refractivity contribution in [2.45, 2.75) is 64.3 Å². The van der Waals surface area contributed by atoms with Crippen LogP contribution in [0.25, 0.3) is 0 Å². The van der Waals surface area contributed by atoms with E-state index >= 15 is 0 Å². The molecule has 25 heavy (non-hydrogen) atoms. The maximum Gasteiger partial charge on any atom is 0.221 e. The summed E-state index contributed by atoms with van der Waals surface area (Å²) in [6, 6.07) is 0.0985. The summed E-state index contributed by atoms with van der Waals surface area (Å²) in [4.78, 5) is 14.3. The van der Waals surface area contributed by atoms with Crippen LogP contribution in [0, 0.1) is 5.92 Å². The van der Waals surface area contributed by atoms with Gasteiger partial charge >= 0.3 is 0 Å². The summed E-state index contributed by atoms with van der Waals surface area (Å²) in [5.74, 6) is 0.980. The summed E-state index contributed by atoms with van der Waals surface area (Å²) in [7, 11) is -1.42. The molecule has 0 bridgehead atoms. The fraction of sp³-hybridized carbons (Fsp3) is 0.944. The summed E-state index contributed by atoms with van der Waals surface area (Å²) in [6.07, 6.45) is 8.69. The number of likely N-dealkylation sites (tertiary alicyclic amines) is 1. The molecule has 1 saturated heterocycles. The van der Waals surface area contributed by atoms with Gasteiger partial charge in [-0.3, -0.25) is 4.79 Å². The van der Waals surface area contributed by atoms with Gasteiger partial charge in [-0.1, -0.05) is 19.3 Å². The second kappa shape index (κ2) is 9.88. The lowest BCUT2D eigenvalue weighted by atomic mass is 9.89. The van der Waals surface area contributed by atoms with E-state index < -0.39 is 10.0 Å². The van der Waals surface area contributed by atoms with E-state index in [1.54, 1.807) is 18.3 Å². The Bertz CT molecular complexity index is 510. The number of nitrogens with one attached hydrogen (secondary N) is 1. The fourth-order valence-corrected chi connectivity index (χ4v) is 5.01. The Morgan fingerprint density at radius 2 is 1.76 bits per heavy atom. The minimum absolute atomic E-state index is 0.0985. The number of nitrogens with zero attached hydrogens (tertiary/aromatic N) is 2. The van der Waals surface area contributed by atoms with Crippen LogP contribution in [0.1, 0.15) is 58.3 Å². The largest absolute Gasteiger partial charge is 0.356 e. The molecule has 0 aromatic carbocycles. The van der Waals surface area contributed by atoms with Crippen LogP contribution in [0.4, 0.5) is 0 Å². The van der Waals surface area contributed by atoms with E-state index in [0.717, 1.165) is 39.0 Å². The average Bonchev–Trinajstić information content (AvgIpc) is 2.65. The molecule has 0 aromatic heterocycles. The number of carbonyl (C=O) groups excluding carboxylic acids is 1. The van der Waals surface area contributed by atoms with Gasteiger partial charge < -0.3 is 10.2 Å². The molecule has 6 nitrogen and oxygen atoms in total. The van der Waals surface area contributed by atoms with Crippen molar-refractivity contribution in [3.8, 4) is 0 Å². The van der Waals surface area contributed by atoms with Crippen molar-refractivity contribution < 1.29 is 13.2 Å². The van der Waals surface area contributed by atoms with Gasteiger partial charge in [-0.25, -0.2) is 12.7 Å². The molecule has 2 rings (SSSR count). The first-order valence-electron chi connectivity index (χ1n) is 9.87. The number of piperidine rings is 1. The first-order chi connectivity index (χ1) is 11.9. The Kier molecular flexibility index (Phi) is 8.16. The van der Waals surface area contributed by atoms with Crippen molar-refractivity contribution in [3.63, 3.8) is 0 Å². The Labute approximate surface area is 153 Å². The molecule has 0 aromatic rings. The highest BCUT2D eigenvalue weighted by molar-refractivity contribution is 7.89. The van der Waals surface area contributed by atoms with Crippen LogP contribution in [-0.2, 0) is 14.8 Å². The summed E-state index contributed by atoms with van der Waals surface area (Å²) < 4.78 is 25.5. The lowest BCUT2D eigenvalue weighted by Crippen LogP contribution is -2.46. The molecule has 1 aliphatic heterocycles. The lowest BCUT2D eigenvalue weighted by molar-refractivity contribution is -0.121. The van der Waals surface area contributed by atoms with Gasteiger partial charge in [-0.2, -0.15) is 0 Å². The molecule has 1 amide bonds. The molecule has 1 saturated carbocycles. The molecule has 0 unspecified atom stereocenters. The summed E-state index contributed by atoms with van der Waals surface area (Å²) in [5.41, 5.74) is 0. The first-order valence-corrected chi connectivity index (χ1v) is 11.5. The molecule has 1 aliphatic carbocycles. The number of carbonyl (C=O) groups is 1. The van der Waals surface area contributed by atoms with Gasteiger partial charge in [-0.05, 0) is 51.6 Å². The van der Waals surface area contributed by atoms with E-state index in [1.807, 2.05) is 0 Å². The van der Waals surface area contributed by atoms with E-state index in [1.165, 1.54) is 32.1 Å². The lowest BCUT2D eigenvalue weighted by Gasteiger charge is -2.36. The number of sulfonamides is 1. The van der Waals surface area contributed by atoms with Gasteiger partial charge in [-0.15, -0.1) is 0 Å². The highest BCUT2D eigenvalue weighted by Gasteiger charge is 2.28. The molecule has 2 fully saturated rings. The first kappa shape index (κ1) is 20.6. The zero-order chi connectivity index (χ0) is 18.3. The Morgan fingerprint density at radius 1 is 1.12 bits per heavy atom. The molecule has 2 aliphatic rings. The van der Waals surface area contributed by atoms with E-state index in [-0.39, 0.29) is 17.7 Å². The number of amides is 1. The van der Waals surface area contributed by atoms with Crippen molar-refractivity contribution >= 4 is 15.9 Å². The highest BCUT2D eigenvalue weighted by Crippen LogP contribution is 2.22. The molecule has 7 heteroatoms. The topological polar surface area (TPSA) is 69.7 Å². The molecule has 0 atom stereocenters. The minimum atomic E-state index is -3.11. The number of hydrogen-bond acceptors (Lipinski definition) is 4. The molecular weight excluding hydrogens is 338 g/mol. The summed E-state index contributed by atoms with van der Waals surface area (Å²) in [6.45, 7) is 5.02. The van der Waals surface area contributed by atoms with Crippen molar-refractivity contribution in [1.29, 1.82) is 0 Å². The predicted molar refractivity (Wildman–Crippen MR) is 101 cm³/mol. The minimum Gasteiger partial charge on any atom is -0.356 e. The van der Waals surface area contributed by atoms with Gasteiger partial charge in [0.25, 0.3) is 0 Å². The second-order valence-corrected chi connectivity index (χ2v) is 9.86. The third-order valence-electron chi connectivity index (χ3n) is 5.84. The van der Waals surface area contributed by atoms with Crippen LogP contribution in [0.5, 0.6) is 0 Å². The van der Waals surface area contributed by atoms with E-state index in [9.17, 15) is 13.2 Å². The third kappa shape index (κ3) is 6.53. The molecular formula is C18H35N3O3S. The maximum absolute atomic E-state index is 12.0. The maximum atomic E-state index is 12.0. The average molecular weight is 374 g/mol. The predicted octanol–water partition coefficient (Wildman–Crippen LogP) is 1.82. The van der Waals surface area contributed by atoms with Crippen LogP contribution < -0.4 is 5.32 Å². The van der Waals surface area contributed by atoms with Crippen molar-refractivity contribution in [2.75, 3.05) is 39.0 Å². The molecule has 1 heterocycles. The zero-order valence-electron chi connectivity index (χ0n) is 15.9. The normalized spacial score (nSPS) is 21.6. The van der Waals surface area contributed by atoms with Gasteiger partial charge in [0.1, 0.15) is 0 Å². The highest BCUT2D eigenvalue weighted by atomic mass is 32.2. The van der Waals surface area contributed by atoms with Gasteiger partial charge in [0.15, 0.2) is 0 Å². The van der Waals surface area contributed by atoms with Gasteiger partial charge in [0, 0.05) is 32.6 Å². The van der Waals surface area contributed by atoms with Crippen LogP contribution in [-0.4, -0.2) is 68.6 Å². The SMILES string of the molecule is CCS(=O)(=O)N(C)C1CCN(CCC(=O)NCC2CCCCC2)CC1. The molecule has 0 radical (unpaired) electrons. The van der Waals surface area contributed by atoms with E-state index in [2.05, 4.69) is 10.2 Å². The van der Waals surface area contributed by atoms with Crippen molar-refractivity contribution in [2.24, 2.45) is 5.92 Å². The molecule has 146 valence electrons. The Morgan fingerprint density at radius 3 is 2.36 bits per heavy atom. The smallest absolute Gasteiger partial charge is 0.221 e. The van der Waals surface area contributed by atoms with Gasteiger partial charge in [0.05, 0.1) is 5.75 Å². The van der Waals surface area contributed by atoms with Gasteiger partial charge in [0.2, 0.25) is 15.9 Å². The van der Waals surface area contributed by atoms with Crippen LogP contribution in [0.15, 0.2) is 0 Å². The number of rotatable bonds is 8. The summed E-state index contributed by atoms with van der Waals surface area (Å²) in [5, 5.41) is 3.09. The monoisotopic (exact) mass is 373 g/mol. The van der Waals surface area contributed by atoms with Crippen LogP contribution >= 0.6 is 0 Å². The van der Waals surface area contributed by atoms with Crippen molar-refractivity contribution in [3.05, 3.63) is 0 Å². The third-order valence-corrected chi connectivity index (χ3v) is 7.75. The zero-order valence-corrected chi connectivity index (χ0v) is 16.7. The van der Waals surface area contributed by atoms with Crippen LogP contribution in [0.3, 0.4) is 0 Å². The standard InChI is InChI=1S/C18H35N3O3S/c1-3-25(23,24)20(2)17-9-12-21(13-10-17)14-11-18(22)19-15-16-7-5-4-6-8-16/h16-17H,3-15H2,1-2H3,(H,19,22). The van der Waals surface area contributed by atoms with Crippen LogP contribution in [0.2, 0.25) is 0 Å². The quantitative estimate of drug-likeness (QED) is 0.705.